The zero-order chi connectivity index (χ0) is 24.1. The first-order chi connectivity index (χ1) is 16.1. The fourth-order valence-corrected chi connectivity index (χ4v) is 8.71. The van der Waals surface area contributed by atoms with Gasteiger partial charge in [-0.1, -0.05) is 6.07 Å². The molecule has 186 valence electrons. The van der Waals surface area contributed by atoms with Crippen LogP contribution in [-0.2, 0) is 24.3 Å². The lowest BCUT2D eigenvalue weighted by Gasteiger charge is -2.56. The van der Waals surface area contributed by atoms with Crippen LogP contribution in [0.1, 0.15) is 62.7 Å². The third-order valence-electron chi connectivity index (χ3n) is 7.87. The molecule has 1 heterocycles. The zero-order valence-electron chi connectivity index (χ0n) is 19.9. The SMILES string of the molecule is C[C@H]1CN(S(=O)(=O)c2cccc(C(=O)OCC(=O)NC34CC5CC(CC(C5)C3)C4)c2)C[C@H](C)O1. The second-order valence-corrected chi connectivity index (χ2v) is 12.9. The maximum absolute atomic E-state index is 13.1. The van der Waals surface area contributed by atoms with Gasteiger partial charge in [0.25, 0.3) is 5.91 Å². The zero-order valence-corrected chi connectivity index (χ0v) is 20.7. The number of ether oxygens (including phenoxy) is 2. The van der Waals surface area contributed by atoms with Crippen molar-refractivity contribution in [3.8, 4) is 0 Å². The summed E-state index contributed by atoms with van der Waals surface area (Å²) in [5.74, 6) is 1.13. The molecular formula is C25H34N2O6S. The van der Waals surface area contributed by atoms with Crippen LogP contribution >= 0.6 is 0 Å². The summed E-state index contributed by atoms with van der Waals surface area (Å²) in [6, 6.07) is 5.81. The number of carbonyl (C=O) groups excluding carboxylic acids is 2. The van der Waals surface area contributed by atoms with Crippen molar-refractivity contribution < 1.29 is 27.5 Å². The number of nitrogens with zero attached hydrogens (tertiary/aromatic N) is 1. The average Bonchev–Trinajstić information content (AvgIpc) is 2.75. The Morgan fingerprint density at radius 2 is 1.65 bits per heavy atom. The van der Waals surface area contributed by atoms with Crippen molar-refractivity contribution in [3.63, 3.8) is 0 Å². The molecule has 9 heteroatoms. The first-order valence-electron chi connectivity index (χ1n) is 12.4. The highest BCUT2D eigenvalue weighted by atomic mass is 32.2. The van der Waals surface area contributed by atoms with E-state index >= 15 is 0 Å². The molecule has 1 N–H and O–H groups in total. The van der Waals surface area contributed by atoms with E-state index in [0.717, 1.165) is 19.3 Å². The van der Waals surface area contributed by atoms with Crippen LogP contribution in [-0.4, -0.2) is 62.0 Å². The van der Waals surface area contributed by atoms with E-state index in [4.69, 9.17) is 9.47 Å². The Labute approximate surface area is 201 Å². The van der Waals surface area contributed by atoms with E-state index in [1.54, 1.807) is 0 Å². The Balaban J connectivity index is 1.20. The van der Waals surface area contributed by atoms with Gasteiger partial charge in [0.1, 0.15) is 0 Å². The number of nitrogens with one attached hydrogen (secondary N) is 1. The van der Waals surface area contributed by atoms with Crippen LogP contribution in [0.2, 0.25) is 0 Å². The number of carbonyl (C=O) groups is 2. The Morgan fingerprint density at radius 1 is 1.06 bits per heavy atom. The molecule has 1 aliphatic heterocycles. The van der Waals surface area contributed by atoms with E-state index in [0.29, 0.717) is 17.8 Å². The second kappa shape index (κ2) is 8.91. The predicted octanol–water partition coefficient (Wildman–Crippen LogP) is 2.73. The van der Waals surface area contributed by atoms with Crippen LogP contribution < -0.4 is 5.32 Å². The lowest BCUT2D eigenvalue weighted by molar-refractivity contribution is -0.130. The molecule has 6 rings (SSSR count). The first kappa shape index (κ1) is 23.8. The van der Waals surface area contributed by atoms with Gasteiger partial charge >= 0.3 is 5.97 Å². The van der Waals surface area contributed by atoms with Crippen molar-refractivity contribution >= 4 is 21.9 Å². The highest BCUT2D eigenvalue weighted by Crippen LogP contribution is 2.55. The molecule has 2 atom stereocenters. The van der Waals surface area contributed by atoms with Crippen molar-refractivity contribution in [2.75, 3.05) is 19.7 Å². The topological polar surface area (TPSA) is 102 Å². The van der Waals surface area contributed by atoms with Gasteiger partial charge in [-0.25, -0.2) is 13.2 Å². The second-order valence-electron chi connectivity index (χ2n) is 10.9. The van der Waals surface area contributed by atoms with Crippen LogP contribution in [0, 0.1) is 17.8 Å². The summed E-state index contributed by atoms with van der Waals surface area (Å²) in [5.41, 5.74) is -0.0309. The summed E-state index contributed by atoms with van der Waals surface area (Å²) in [4.78, 5) is 25.3. The Hall–Kier alpha value is -1.97. The van der Waals surface area contributed by atoms with Gasteiger partial charge in [0.05, 0.1) is 22.7 Å². The standard InChI is InChI=1S/C25H34N2O6S/c1-16-13-27(14-17(2)33-16)34(30,31)22-5-3-4-21(9-22)24(29)32-15-23(28)26-25-10-18-6-19(11-25)8-20(7-18)12-25/h3-5,9,16-20H,6-8,10-15H2,1-2H3,(H,26,28)/t16-,17-,18?,19?,20?,25?/m0/s1. The molecule has 0 unspecified atom stereocenters. The van der Waals surface area contributed by atoms with E-state index in [1.165, 1.54) is 47.8 Å². The number of sulfonamides is 1. The molecular weight excluding hydrogens is 456 g/mol. The van der Waals surface area contributed by atoms with E-state index in [2.05, 4.69) is 5.32 Å². The minimum absolute atomic E-state index is 0.0290. The van der Waals surface area contributed by atoms with Gasteiger partial charge in [-0.15, -0.1) is 0 Å². The average molecular weight is 491 g/mol. The molecule has 1 amide bonds. The highest BCUT2D eigenvalue weighted by molar-refractivity contribution is 7.89. The number of hydrogen-bond acceptors (Lipinski definition) is 6. The molecule has 4 bridgehead atoms. The Kier molecular flexibility index (Phi) is 6.23. The number of rotatable bonds is 6. The monoisotopic (exact) mass is 490 g/mol. The molecule has 8 nitrogen and oxygen atoms in total. The molecule has 4 saturated carbocycles. The number of hydrogen-bond donors (Lipinski definition) is 1. The summed E-state index contributed by atoms with van der Waals surface area (Å²) in [6.07, 6.45) is 6.51. The largest absolute Gasteiger partial charge is 0.452 e. The number of esters is 1. The van der Waals surface area contributed by atoms with Crippen molar-refractivity contribution in [1.29, 1.82) is 0 Å². The van der Waals surface area contributed by atoms with Crippen LogP contribution in [0.25, 0.3) is 0 Å². The molecule has 5 fully saturated rings. The number of benzene rings is 1. The van der Waals surface area contributed by atoms with Crippen molar-refractivity contribution in [2.24, 2.45) is 17.8 Å². The lowest BCUT2D eigenvalue weighted by Crippen LogP contribution is -2.60. The van der Waals surface area contributed by atoms with Gasteiger partial charge in [-0.05, 0) is 88.3 Å². The minimum Gasteiger partial charge on any atom is -0.452 e. The Bertz CT molecular complexity index is 1030. The van der Waals surface area contributed by atoms with E-state index < -0.39 is 16.0 Å². The molecule has 0 aromatic heterocycles. The lowest BCUT2D eigenvalue weighted by atomic mass is 9.53. The maximum atomic E-state index is 13.1. The van der Waals surface area contributed by atoms with Gasteiger partial charge in [-0.2, -0.15) is 4.31 Å². The summed E-state index contributed by atoms with van der Waals surface area (Å²) in [7, 11) is -3.78. The van der Waals surface area contributed by atoms with E-state index in [-0.39, 0.29) is 53.8 Å². The molecule has 1 saturated heterocycles. The minimum atomic E-state index is -3.78. The van der Waals surface area contributed by atoms with Gasteiger partial charge in [0.15, 0.2) is 6.61 Å². The highest BCUT2D eigenvalue weighted by Gasteiger charge is 2.51. The van der Waals surface area contributed by atoms with Gasteiger partial charge in [0.2, 0.25) is 10.0 Å². The smallest absolute Gasteiger partial charge is 0.338 e. The third-order valence-corrected chi connectivity index (χ3v) is 9.70. The normalized spacial score (nSPS) is 35.2. The van der Waals surface area contributed by atoms with Crippen LogP contribution in [0.4, 0.5) is 0 Å². The van der Waals surface area contributed by atoms with Crippen molar-refractivity contribution in [2.45, 2.75) is 75.0 Å². The molecule has 5 aliphatic rings. The summed E-state index contributed by atoms with van der Waals surface area (Å²) < 4.78 is 38.5. The molecule has 1 aromatic carbocycles. The van der Waals surface area contributed by atoms with Crippen molar-refractivity contribution in [1.82, 2.24) is 9.62 Å². The van der Waals surface area contributed by atoms with E-state index in [9.17, 15) is 18.0 Å². The Morgan fingerprint density at radius 3 is 2.24 bits per heavy atom. The summed E-state index contributed by atoms with van der Waals surface area (Å²) in [5, 5.41) is 3.19. The molecule has 1 aromatic rings. The van der Waals surface area contributed by atoms with Gasteiger partial charge in [0, 0.05) is 18.6 Å². The van der Waals surface area contributed by atoms with Crippen LogP contribution in [0.15, 0.2) is 29.2 Å². The first-order valence-corrected chi connectivity index (χ1v) is 13.8. The summed E-state index contributed by atoms with van der Waals surface area (Å²) >= 11 is 0. The molecule has 0 radical (unpaired) electrons. The van der Waals surface area contributed by atoms with Gasteiger partial charge in [-0.3, -0.25) is 4.79 Å². The predicted molar refractivity (Wildman–Crippen MR) is 125 cm³/mol. The number of amides is 1. The third kappa shape index (κ3) is 4.75. The summed E-state index contributed by atoms with van der Waals surface area (Å²) in [6.45, 7) is 3.81. The van der Waals surface area contributed by atoms with E-state index in [1.807, 2.05) is 13.8 Å². The fraction of sp³-hybridized carbons (Fsp3) is 0.680. The molecule has 34 heavy (non-hydrogen) atoms. The fourth-order valence-electron chi connectivity index (χ4n) is 7.07. The van der Waals surface area contributed by atoms with Crippen LogP contribution in [0.3, 0.4) is 0 Å². The molecule has 4 aliphatic carbocycles. The van der Waals surface area contributed by atoms with Crippen LogP contribution in [0.5, 0.6) is 0 Å². The quantitative estimate of drug-likeness (QED) is 0.616. The van der Waals surface area contributed by atoms with Gasteiger partial charge < -0.3 is 14.8 Å². The number of morpholine rings is 1. The molecule has 0 spiro atoms. The maximum Gasteiger partial charge on any atom is 0.338 e. The van der Waals surface area contributed by atoms with Crippen molar-refractivity contribution in [3.05, 3.63) is 29.8 Å².